The van der Waals surface area contributed by atoms with Crippen molar-refractivity contribution in [3.8, 4) is 0 Å². The van der Waals surface area contributed by atoms with E-state index in [1.807, 2.05) is 12.1 Å². The van der Waals surface area contributed by atoms with Crippen molar-refractivity contribution < 1.29 is 9.53 Å². The summed E-state index contributed by atoms with van der Waals surface area (Å²) in [6.45, 7) is 0. The highest BCUT2D eigenvalue weighted by molar-refractivity contribution is 14.1. The van der Waals surface area contributed by atoms with Crippen LogP contribution in [0.4, 0.5) is 0 Å². The van der Waals surface area contributed by atoms with Gasteiger partial charge in [0.15, 0.2) is 0 Å². The van der Waals surface area contributed by atoms with Crippen molar-refractivity contribution in [1.29, 1.82) is 0 Å². The van der Waals surface area contributed by atoms with Crippen LogP contribution in [0.25, 0.3) is 0 Å². The Labute approximate surface area is 107 Å². The third-order valence-electron chi connectivity index (χ3n) is 1.43. The van der Waals surface area contributed by atoms with Crippen molar-refractivity contribution in [1.82, 2.24) is 0 Å². The highest BCUT2D eigenvalue weighted by atomic mass is 127. The monoisotopic (exact) mass is 418 g/mol. The Balaban J connectivity index is 2.90. The fourth-order valence-electron chi connectivity index (χ4n) is 0.838. The molecule has 0 radical (unpaired) electrons. The van der Waals surface area contributed by atoms with Gasteiger partial charge in [0.05, 0.1) is 22.0 Å². The SMILES string of the molecule is O=C(OC[SiH3])c1ccc(I)c(I)c1. The summed E-state index contributed by atoms with van der Waals surface area (Å²) in [5, 5.41) is 0. The number of rotatable bonds is 2. The molecule has 0 saturated heterocycles. The summed E-state index contributed by atoms with van der Waals surface area (Å²) >= 11 is 4.44. The van der Waals surface area contributed by atoms with Gasteiger partial charge in [-0.3, -0.25) is 0 Å². The van der Waals surface area contributed by atoms with Gasteiger partial charge >= 0.3 is 5.97 Å². The van der Waals surface area contributed by atoms with Gasteiger partial charge in [0, 0.05) is 7.14 Å². The van der Waals surface area contributed by atoms with E-state index in [0.29, 0.717) is 11.8 Å². The van der Waals surface area contributed by atoms with Crippen LogP contribution in [0.3, 0.4) is 0 Å². The first-order chi connectivity index (χ1) is 6.15. The third kappa shape index (κ3) is 3.20. The Bertz CT molecular complexity index is 328. The van der Waals surface area contributed by atoms with Crippen molar-refractivity contribution in [3.05, 3.63) is 30.9 Å². The number of hydrogen-bond donors (Lipinski definition) is 0. The van der Waals surface area contributed by atoms with Crippen LogP contribution in [0.5, 0.6) is 0 Å². The Morgan fingerprint density at radius 2 is 2.08 bits per heavy atom. The van der Waals surface area contributed by atoms with Crippen LogP contribution in [-0.4, -0.2) is 22.4 Å². The average molecular weight is 418 g/mol. The third-order valence-corrected chi connectivity index (χ3v) is 4.58. The summed E-state index contributed by atoms with van der Waals surface area (Å²) in [5.41, 5.74) is 0.640. The number of hydrogen-bond acceptors (Lipinski definition) is 2. The lowest BCUT2D eigenvalue weighted by atomic mass is 10.2. The molecular weight excluding hydrogens is 410 g/mol. The Morgan fingerprint density at radius 3 is 2.62 bits per heavy atom. The number of halogens is 2. The van der Waals surface area contributed by atoms with Gasteiger partial charge in [-0.2, -0.15) is 0 Å². The van der Waals surface area contributed by atoms with Crippen LogP contribution in [-0.2, 0) is 4.74 Å². The molecule has 0 amide bonds. The maximum Gasteiger partial charge on any atom is 0.337 e. The lowest BCUT2D eigenvalue weighted by Gasteiger charge is -2.02. The zero-order chi connectivity index (χ0) is 9.84. The molecule has 0 aromatic heterocycles. The van der Waals surface area contributed by atoms with Gasteiger partial charge in [0.25, 0.3) is 0 Å². The van der Waals surface area contributed by atoms with Gasteiger partial charge in [0.1, 0.15) is 0 Å². The summed E-state index contributed by atoms with van der Waals surface area (Å²) in [5.74, 6) is -0.218. The van der Waals surface area contributed by atoms with Gasteiger partial charge in [-0.25, -0.2) is 4.79 Å². The first-order valence-corrected chi connectivity index (χ1v) is 7.34. The van der Waals surface area contributed by atoms with Crippen molar-refractivity contribution in [2.24, 2.45) is 0 Å². The second kappa shape index (κ2) is 5.30. The summed E-state index contributed by atoms with van der Waals surface area (Å²) < 4.78 is 7.18. The molecule has 2 nitrogen and oxygen atoms in total. The number of esters is 1. The topological polar surface area (TPSA) is 26.3 Å². The van der Waals surface area contributed by atoms with E-state index in [9.17, 15) is 4.79 Å². The lowest BCUT2D eigenvalue weighted by molar-refractivity contribution is 0.0573. The molecule has 0 heterocycles. The van der Waals surface area contributed by atoms with Crippen molar-refractivity contribution in [3.63, 3.8) is 0 Å². The largest absolute Gasteiger partial charge is 0.467 e. The zero-order valence-corrected chi connectivity index (χ0v) is 13.3. The lowest BCUT2D eigenvalue weighted by Crippen LogP contribution is -2.06. The Morgan fingerprint density at radius 1 is 1.38 bits per heavy atom. The first-order valence-electron chi connectivity index (χ1n) is 3.77. The number of ether oxygens (including phenoxy) is 1. The van der Waals surface area contributed by atoms with Crippen molar-refractivity contribution >= 4 is 61.4 Å². The quantitative estimate of drug-likeness (QED) is 0.413. The van der Waals surface area contributed by atoms with Crippen LogP contribution in [0, 0.1) is 7.14 Å². The van der Waals surface area contributed by atoms with E-state index in [2.05, 4.69) is 45.2 Å². The molecule has 5 heteroatoms. The number of carbonyl (C=O) groups excluding carboxylic acids is 1. The fourth-order valence-corrected chi connectivity index (χ4v) is 1.95. The molecule has 0 atom stereocenters. The summed E-state index contributed by atoms with van der Waals surface area (Å²) in [4.78, 5) is 11.3. The minimum Gasteiger partial charge on any atom is -0.467 e. The number of benzene rings is 1. The standard InChI is InChI=1S/C8H8I2O2Si/c9-6-2-1-5(3-7(6)10)8(11)12-4-13/h1-3H,4H2,13H3. The summed E-state index contributed by atoms with van der Waals surface area (Å²) in [6, 6.07) is 5.57. The van der Waals surface area contributed by atoms with E-state index >= 15 is 0 Å². The van der Waals surface area contributed by atoms with Gasteiger partial charge < -0.3 is 4.74 Å². The zero-order valence-electron chi connectivity index (χ0n) is 7.01. The van der Waals surface area contributed by atoms with Gasteiger partial charge in [-0.15, -0.1) is 0 Å². The van der Waals surface area contributed by atoms with Crippen molar-refractivity contribution in [2.45, 2.75) is 0 Å². The molecule has 0 aliphatic rings. The van der Waals surface area contributed by atoms with E-state index in [4.69, 9.17) is 4.74 Å². The molecule has 1 aromatic carbocycles. The van der Waals surface area contributed by atoms with Crippen LogP contribution >= 0.6 is 45.2 Å². The van der Waals surface area contributed by atoms with E-state index in [1.165, 1.54) is 0 Å². The molecule has 1 aromatic rings. The van der Waals surface area contributed by atoms with Gasteiger partial charge in [-0.1, -0.05) is 0 Å². The normalized spacial score (nSPS) is 10.0. The van der Waals surface area contributed by atoms with E-state index in [1.54, 1.807) is 6.07 Å². The summed E-state index contributed by atoms with van der Waals surface area (Å²) in [7, 11) is 0.888. The molecule has 0 unspecified atom stereocenters. The van der Waals surface area contributed by atoms with E-state index < -0.39 is 0 Å². The Kier molecular flexibility index (Phi) is 4.66. The van der Waals surface area contributed by atoms with Crippen LogP contribution in [0.2, 0.25) is 0 Å². The molecule has 0 bridgehead atoms. The van der Waals surface area contributed by atoms with E-state index in [0.717, 1.165) is 17.4 Å². The van der Waals surface area contributed by atoms with Crippen molar-refractivity contribution in [2.75, 3.05) is 6.23 Å². The van der Waals surface area contributed by atoms with Crippen LogP contribution in [0.1, 0.15) is 10.4 Å². The molecule has 0 aliphatic heterocycles. The smallest absolute Gasteiger partial charge is 0.337 e. The second-order valence-corrected chi connectivity index (χ2v) is 5.25. The van der Waals surface area contributed by atoms with Crippen LogP contribution in [0.15, 0.2) is 18.2 Å². The molecule has 1 rings (SSSR count). The minimum absolute atomic E-state index is 0.218. The first kappa shape index (κ1) is 11.4. The molecular formula is C8H8I2O2Si. The molecule has 0 spiro atoms. The molecule has 0 saturated carbocycles. The fraction of sp³-hybridized carbons (Fsp3) is 0.125. The highest BCUT2D eigenvalue weighted by Crippen LogP contribution is 2.16. The highest BCUT2D eigenvalue weighted by Gasteiger charge is 2.07. The molecule has 13 heavy (non-hydrogen) atoms. The number of carbonyl (C=O) groups is 1. The summed E-state index contributed by atoms with van der Waals surface area (Å²) in [6.07, 6.45) is 0.557. The van der Waals surface area contributed by atoms with Gasteiger partial charge in [0.2, 0.25) is 0 Å². The van der Waals surface area contributed by atoms with Gasteiger partial charge in [-0.05, 0) is 63.4 Å². The molecule has 0 N–H and O–H groups in total. The maximum absolute atomic E-state index is 11.3. The minimum atomic E-state index is -0.218. The molecule has 0 fully saturated rings. The van der Waals surface area contributed by atoms with E-state index in [-0.39, 0.29) is 5.97 Å². The molecule has 0 aliphatic carbocycles. The Hall–Kier alpha value is 0.367. The van der Waals surface area contributed by atoms with Crippen LogP contribution < -0.4 is 0 Å². The second-order valence-electron chi connectivity index (χ2n) is 2.35. The maximum atomic E-state index is 11.3. The predicted octanol–water partition coefficient (Wildman–Crippen LogP) is 1.38. The predicted molar refractivity (Wildman–Crippen MR) is 72.1 cm³/mol. The average Bonchev–Trinajstić information content (AvgIpc) is 2.10. The molecule has 70 valence electrons.